The summed E-state index contributed by atoms with van der Waals surface area (Å²) in [5.74, 6) is -0.471. The van der Waals surface area contributed by atoms with Gasteiger partial charge in [0.1, 0.15) is 11.3 Å². The molecule has 0 N–H and O–H groups in total. The zero-order valence-electron chi connectivity index (χ0n) is 13.0. The minimum absolute atomic E-state index is 0.395. The molecule has 1 aromatic rings. The van der Waals surface area contributed by atoms with Gasteiger partial charge in [-0.1, -0.05) is 6.92 Å². The maximum atomic E-state index is 13.0. The number of carbonyl (C=O) groups excluding carboxylic acids is 1. The van der Waals surface area contributed by atoms with E-state index in [0.717, 1.165) is 25.0 Å². The summed E-state index contributed by atoms with van der Waals surface area (Å²) in [6.45, 7) is 2.64. The second-order valence-electron chi connectivity index (χ2n) is 5.79. The first-order chi connectivity index (χ1) is 11.2. The van der Waals surface area contributed by atoms with Gasteiger partial charge < -0.3 is 9.64 Å². The number of piperidine rings is 1. The zero-order valence-corrected chi connectivity index (χ0v) is 13.0. The van der Waals surface area contributed by atoms with Gasteiger partial charge in [-0.05, 0) is 24.8 Å². The molecule has 1 aliphatic rings. The monoisotopic (exact) mass is 346 g/mol. The van der Waals surface area contributed by atoms with Crippen molar-refractivity contribution in [1.29, 1.82) is 0 Å². The highest BCUT2D eigenvalue weighted by Gasteiger charge is 2.36. The molecule has 9 heteroatoms. The Balaban J connectivity index is 2.09. The lowest BCUT2D eigenvalue weighted by Gasteiger charge is -2.30. The maximum absolute atomic E-state index is 13.0. The third-order valence-corrected chi connectivity index (χ3v) is 3.97. The maximum Gasteiger partial charge on any atom is 0.420 e. The van der Waals surface area contributed by atoms with Gasteiger partial charge in [-0.3, -0.25) is 14.9 Å². The number of rotatable bonds is 4. The fourth-order valence-electron chi connectivity index (χ4n) is 2.47. The average Bonchev–Trinajstić information content (AvgIpc) is 2.52. The number of carbonyl (C=O) groups is 1. The van der Waals surface area contributed by atoms with E-state index in [4.69, 9.17) is 4.74 Å². The van der Waals surface area contributed by atoms with Crippen LogP contribution in [0.5, 0.6) is 5.75 Å². The molecule has 132 valence electrons. The average molecular weight is 346 g/mol. The second kappa shape index (κ2) is 7.06. The Labute approximate surface area is 136 Å². The molecule has 2 rings (SSSR count). The Bertz CT molecular complexity index is 626. The summed E-state index contributed by atoms with van der Waals surface area (Å²) in [5.41, 5.74) is -1.96. The molecule has 1 saturated heterocycles. The summed E-state index contributed by atoms with van der Waals surface area (Å²) in [4.78, 5) is 23.3. The van der Waals surface area contributed by atoms with Crippen molar-refractivity contribution in [1.82, 2.24) is 4.90 Å². The summed E-state index contributed by atoms with van der Waals surface area (Å²) in [6.07, 6.45) is -3.13. The molecule has 0 saturated carbocycles. The van der Waals surface area contributed by atoms with Crippen LogP contribution in [0.3, 0.4) is 0 Å². The molecular formula is C15H17F3N2O4. The first kappa shape index (κ1) is 18.0. The number of non-ortho nitro benzene ring substituents is 1. The predicted molar refractivity (Wildman–Crippen MR) is 78.6 cm³/mol. The molecule has 0 radical (unpaired) electrons. The van der Waals surface area contributed by atoms with Crippen LogP contribution in [-0.4, -0.2) is 35.4 Å². The summed E-state index contributed by atoms with van der Waals surface area (Å²) < 4.78 is 44.1. The molecule has 1 aliphatic heterocycles. The summed E-state index contributed by atoms with van der Waals surface area (Å²) in [7, 11) is 0. The van der Waals surface area contributed by atoms with Crippen LogP contribution in [-0.2, 0) is 11.0 Å². The van der Waals surface area contributed by atoms with Gasteiger partial charge in [0.2, 0.25) is 0 Å². The minimum atomic E-state index is -4.81. The van der Waals surface area contributed by atoms with Crippen LogP contribution in [0, 0.1) is 16.0 Å². The van der Waals surface area contributed by atoms with Crippen molar-refractivity contribution in [2.45, 2.75) is 25.9 Å². The molecule has 0 unspecified atom stereocenters. The molecular weight excluding hydrogens is 329 g/mol. The smallest absolute Gasteiger partial charge is 0.420 e. The molecule has 1 heterocycles. The molecule has 24 heavy (non-hydrogen) atoms. The van der Waals surface area contributed by atoms with E-state index in [9.17, 15) is 28.1 Å². The van der Waals surface area contributed by atoms with E-state index >= 15 is 0 Å². The van der Waals surface area contributed by atoms with Crippen molar-refractivity contribution in [2.75, 3.05) is 19.7 Å². The molecule has 0 atom stereocenters. The molecule has 1 fully saturated rings. The van der Waals surface area contributed by atoms with Gasteiger partial charge in [0.05, 0.1) is 4.92 Å². The Morgan fingerprint density at radius 1 is 1.38 bits per heavy atom. The largest absolute Gasteiger partial charge is 0.483 e. The Morgan fingerprint density at radius 2 is 2.00 bits per heavy atom. The van der Waals surface area contributed by atoms with Crippen LogP contribution in [0.15, 0.2) is 18.2 Å². The highest BCUT2D eigenvalue weighted by atomic mass is 19.4. The van der Waals surface area contributed by atoms with Crippen LogP contribution >= 0.6 is 0 Å². The van der Waals surface area contributed by atoms with Crippen molar-refractivity contribution in [3.8, 4) is 5.75 Å². The van der Waals surface area contributed by atoms with Crippen molar-refractivity contribution < 1.29 is 27.6 Å². The number of ether oxygens (including phenoxy) is 1. The molecule has 0 spiro atoms. The van der Waals surface area contributed by atoms with Crippen LogP contribution < -0.4 is 4.74 Å². The number of likely N-dealkylation sites (tertiary alicyclic amines) is 1. The van der Waals surface area contributed by atoms with Gasteiger partial charge in [0.25, 0.3) is 11.6 Å². The van der Waals surface area contributed by atoms with E-state index in [0.29, 0.717) is 25.1 Å². The van der Waals surface area contributed by atoms with Gasteiger partial charge in [-0.2, -0.15) is 13.2 Å². The van der Waals surface area contributed by atoms with E-state index in [1.165, 1.54) is 0 Å². The molecule has 0 aromatic heterocycles. The van der Waals surface area contributed by atoms with Crippen LogP contribution in [0.2, 0.25) is 0 Å². The number of nitro groups is 1. The number of alkyl halides is 3. The van der Waals surface area contributed by atoms with E-state index in [-0.39, 0.29) is 0 Å². The number of hydrogen-bond acceptors (Lipinski definition) is 4. The van der Waals surface area contributed by atoms with Crippen molar-refractivity contribution in [3.63, 3.8) is 0 Å². The topological polar surface area (TPSA) is 72.7 Å². The lowest BCUT2D eigenvalue weighted by molar-refractivity contribution is -0.385. The van der Waals surface area contributed by atoms with Crippen molar-refractivity contribution in [2.24, 2.45) is 5.92 Å². The van der Waals surface area contributed by atoms with Gasteiger partial charge in [-0.15, -0.1) is 0 Å². The Morgan fingerprint density at radius 3 is 2.54 bits per heavy atom. The van der Waals surface area contributed by atoms with Crippen molar-refractivity contribution in [3.05, 3.63) is 33.9 Å². The van der Waals surface area contributed by atoms with E-state index in [1.54, 1.807) is 4.90 Å². The molecule has 0 bridgehead atoms. The number of halogens is 3. The summed E-state index contributed by atoms with van der Waals surface area (Å²) >= 11 is 0. The highest BCUT2D eigenvalue weighted by Crippen LogP contribution is 2.38. The number of nitrogens with zero attached hydrogens (tertiary/aromatic N) is 2. The highest BCUT2D eigenvalue weighted by molar-refractivity contribution is 5.78. The molecule has 0 aliphatic carbocycles. The second-order valence-corrected chi connectivity index (χ2v) is 5.79. The van der Waals surface area contributed by atoms with Gasteiger partial charge >= 0.3 is 6.18 Å². The molecule has 1 amide bonds. The quantitative estimate of drug-likeness (QED) is 0.620. The number of benzene rings is 1. The standard InChI is InChI=1S/C15H17F3N2O4/c1-10-4-6-19(7-5-10)14(21)9-24-13-3-2-11(20(22)23)8-12(13)15(16,17)18/h2-3,8,10H,4-7,9H2,1H3. The number of nitro benzene ring substituents is 1. The molecule has 1 aromatic carbocycles. The lowest BCUT2D eigenvalue weighted by atomic mass is 9.99. The van der Waals surface area contributed by atoms with Crippen LogP contribution in [0.1, 0.15) is 25.3 Å². The van der Waals surface area contributed by atoms with Crippen LogP contribution in [0.4, 0.5) is 18.9 Å². The first-order valence-corrected chi connectivity index (χ1v) is 7.44. The number of amides is 1. The normalized spacial score (nSPS) is 16.1. The van der Waals surface area contributed by atoms with E-state index in [2.05, 4.69) is 6.92 Å². The van der Waals surface area contributed by atoms with Crippen LogP contribution in [0.25, 0.3) is 0 Å². The van der Waals surface area contributed by atoms with Gasteiger partial charge in [0.15, 0.2) is 6.61 Å². The Hall–Kier alpha value is -2.32. The Kier molecular flexibility index (Phi) is 5.30. The number of hydrogen-bond donors (Lipinski definition) is 0. The zero-order chi connectivity index (χ0) is 17.9. The first-order valence-electron chi connectivity index (χ1n) is 7.44. The SMILES string of the molecule is CC1CCN(C(=O)COc2ccc([N+](=O)[O-])cc2C(F)(F)F)CC1. The van der Waals surface area contributed by atoms with Crippen molar-refractivity contribution >= 4 is 11.6 Å². The van der Waals surface area contributed by atoms with Gasteiger partial charge in [0, 0.05) is 25.2 Å². The predicted octanol–water partition coefficient (Wildman–Crippen LogP) is 3.25. The fraction of sp³-hybridized carbons (Fsp3) is 0.533. The third kappa shape index (κ3) is 4.36. The van der Waals surface area contributed by atoms with E-state index in [1.807, 2.05) is 0 Å². The lowest BCUT2D eigenvalue weighted by Crippen LogP contribution is -2.40. The van der Waals surface area contributed by atoms with Gasteiger partial charge in [-0.25, -0.2) is 0 Å². The third-order valence-electron chi connectivity index (χ3n) is 3.97. The molecule has 6 nitrogen and oxygen atoms in total. The summed E-state index contributed by atoms with van der Waals surface area (Å²) in [5, 5.41) is 10.6. The van der Waals surface area contributed by atoms with E-state index < -0.39 is 40.6 Å². The minimum Gasteiger partial charge on any atom is -0.483 e. The fourth-order valence-corrected chi connectivity index (χ4v) is 2.47. The summed E-state index contributed by atoms with van der Waals surface area (Å²) in [6, 6.07) is 2.19.